The van der Waals surface area contributed by atoms with Gasteiger partial charge < -0.3 is 19.9 Å². The molecule has 2 aromatic carbocycles. The van der Waals surface area contributed by atoms with Gasteiger partial charge in [-0.2, -0.15) is 0 Å². The van der Waals surface area contributed by atoms with E-state index in [1.165, 1.54) is 19.2 Å². The van der Waals surface area contributed by atoms with Crippen molar-refractivity contribution in [2.75, 3.05) is 7.11 Å². The molecule has 138 valence electrons. The molecular weight excluding hydrogens is 368 g/mol. The lowest BCUT2D eigenvalue weighted by Gasteiger charge is -2.14. The molecule has 0 spiro atoms. The number of amides is 1. The minimum atomic E-state index is -0.985. The van der Waals surface area contributed by atoms with Crippen LogP contribution in [0.4, 0.5) is 0 Å². The van der Waals surface area contributed by atoms with Crippen LogP contribution in [0.25, 0.3) is 6.08 Å². The van der Waals surface area contributed by atoms with Crippen molar-refractivity contribution in [3.05, 3.63) is 64.9 Å². The second kappa shape index (κ2) is 7.88. The smallest absolute Gasteiger partial charge is 0.335 e. The Bertz CT molecular complexity index is 938. The number of ether oxygens (including phenoxy) is 2. The van der Waals surface area contributed by atoms with E-state index in [4.69, 9.17) is 26.8 Å². The second-order valence-electron chi connectivity index (χ2n) is 5.64. The van der Waals surface area contributed by atoms with Gasteiger partial charge in [-0.25, -0.2) is 4.79 Å². The zero-order valence-electron chi connectivity index (χ0n) is 14.3. The molecular formula is C19H16N2O5S. The molecule has 3 N–H and O–H groups in total. The monoisotopic (exact) mass is 384 g/mol. The zero-order chi connectivity index (χ0) is 19.4. The average molecular weight is 384 g/mol. The second-order valence-corrected chi connectivity index (χ2v) is 6.04. The predicted octanol–water partition coefficient (Wildman–Crippen LogP) is 2.32. The van der Waals surface area contributed by atoms with E-state index in [9.17, 15) is 9.59 Å². The summed E-state index contributed by atoms with van der Waals surface area (Å²) >= 11 is 4.93. The quantitative estimate of drug-likeness (QED) is 0.519. The highest BCUT2D eigenvalue weighted by atomic mass is 32.1. The van der Waals surface area contributed by atoms with Gasteiger partial charge in [0, 0.05) is 5.56 Å². The van der Waals surface area contributed by atoms with Crippen molar-refractivity contribution in [2.45, 2.75) is 6.61 Å². The topological polar surface area (TPSA) is 96.9 Å². The van der Waals surface area contributed by atoms with Crippen LogP contribution in [0.1, 0.15) is 21.5 Å². The number of methoxy groups -OCH3 is 1. The summed E-state index contributed by atoms with van der Waals surface area (Å²) in [4.78, 5) is 22.8. The molecule has 8 heteroatoms. The fourth-order valence-electron chi connectivity index (χ4n) is 2.50. The maximum absolute atomic E-state index is 11.9. The first kappa shape index (κ1) is 18.4. The normalized spacial score (nSPS) is 14.6. The molecule has 0 saturated carbocycles. The summed E-state index contributed by atoms with van der Waals surface area (Å²) in [5.74, 6) is -0.339. The van der Waals surface area contributed by atoms with Crippen LogP contribution in [0, 0.1) is 0 Å². The molecule has 1 saturated heterocycles. The number of hydrogen-bond donors (Lipinski definition) is 3. The summed E-state index contributed by atoms with van der Waals surface area (Å²) in [5.41, 5.74) is 1.95. The first-order valence-electron chi connectivity index (χ1n) is 7.94. The van der Waals surface area contributed by atoms with Crippen LogP contribution in [-0.4, -0.2) is 29.2 Å². The van der Waals surface area contributed by atoms with Gasteiger partial charge in [0.25, 0.3) is 5.91 Å². The maximum atomic E-state index is 11.9. The molecule has 0 aromatic heterocycles. The number of rotatable bonds is 6. The largest absolute Gasteiger partial charge is 0.493 e. The predicted molar refractivity (Wildman–Crippen MR) is 103 cm³/mol. The third-order valence-electron chi connectivity index (χ3n) is 3.83. The van der Waals surface area contributed by atoms with Crippen molar-refractivity contribution in [3.8, 4) is 11.5 Å². The highest BCUT2D eigenvalue weighted by Crippen LogP contribution is 2.33. The number of aromatic carboxylic acids is 1. The van der Waals surface area contributed by atoms with Gasteiger partial charge in [-0.1, -0.05) is 24.3 Å². The Kier molecular flexibility index (Phi) is 5.37. The van der Waals surface area contributed by atoms with Crippen molar-refractivity contribution in [3.63, 3.8) is 0 Å². The number of carbonyl (C=O) groups excluding carboxylic acids is 1. The standard InChI is InChI=1S/C19H16N2O5S/c1-25-15-4-2-3-13(9-14-17(22)21-19(27)20-14)16(15)26-10-11-5-7-12(8-6-11)18(23)24/h2-9H,10H2,1H3,(H,23,24)(H2,20,21,22,27). The molecule has 0 bridgehead atoms. The molecule has 0 unspecified atom stereocenters. The molecule has 27 heavy (non-hydrogen) atoms. The molecule has 1 fully saturated rings. The summed E-state index contributed by atoms with van der Waals surface area (Å²) in [6, 6.07) is 11.7. The molecule has 3 rings (SSSR count). The van der Waals surface area contributed by atoms with Gasteiger partial charge in [0.15, 0.2) is 16.6 Å². The minimum absolute atomic E-state index is 0.203. The molecule has 1 aliphatic heterocycles. The van der Waals surface area contributed by atoms with Gasteiger partial charge in [0.1, 0.15) is 12.3 Å². The van der Waals surface area contributed by atoms with Crippen LogP contribution < -0.4 is 20.1 Å². The fraction of sp³-hybridized carbons (Fsp3) is 0.105. The number of carboxylic acid groups (broad SMARTS) is 1. The van der Waals surface area contributed by atoms with Crippen molar-refractivity contribution in [2.24, 2.45) is 0 Å². The van der Waals surface area contributed by atoms with Crippen LogP contribution >= 0.6 is 12.2 Å². The first-order chi connectivity index (χ1) is 13.0. The van der Waals surface area contributed by atoms with E-state index >= 15 is 0 Å². The van der Waals surface area contributed by atoms with E-state index in [1.807, 2.05) is 0 Å². The maximum Gasteiger partial charge on any atom is 0.335 e. The van der Waals surface area contributed by atoms with Crippen LogP contribution in [0.5, 0.6) is 11.5 Å². The van der Waals surface area contributed by atoms with Gasteiger partial charge in [-0.05, 0) is 42.1 Å². The van der Waals surface area contributed by atoms with Crippen LogP contribution in [0.2, 0.25) is 0 Å². The Morgan fingerprint density at radius 3 is 2.52 bits per heavy atom. The van der Waals surface area contributed by atoms with Gasteiger partial charge in [0.2, 0.25) is 0 Å². The van der Waals surface area contributed by atoms with Gasteiger partial charge in [-0.15, -0.1) is 0 Å². The number of hydrogen-bond acceptors (Lipinski definition) is 5. The number of para-hydroxylation sites is 1. The number of benzene rings is 2. The SMILES string of the molecule is COc1cccc(C=C2NC(=S)NC2=O)c1OCc1ccc(C(=O)O)cc1. The van der Waals surface area contributed by atoms with Gasteiger partial charge in [-0.3, -0.25) is 10.1 Å². The molecule has 0 aliphatic carbocycles. The third-order valence-corrected chi connectivity index (χ3v) is 4.04. The third kappa shape index (κ3) is 4.24. The van der Waals surface area contributed by atoms with Crippen molar-refractivity contribution in [1.82, 2.24) is 10.6 Å². The van der Waals surface area contributed by atoms with Crippen molar-refractivity contribution < 1.29 is 24.2 Å². The molecule has 0 atom stereocenters. The van der Waals surface area contributed by atoms with Crippen molar-refractivity contribution >= 4 is 35.3 Å². The van der Waals surface area contributed by atoms with Crippen LogP contribution in [-0.2, 0) is 11.4 Å². The summed E-state index contributed by atoms with van der Waals surface area (Å²) < 4.78 is 11.3. The number of carboxylic acids is 1. The number of nitrogens with one attached hydrogen (secondary N) is 2. The van der Waals surface area contributed by atoms with E-state index in [0.717, 1.165) is 5.56 Å². The fourth-order valence-corrected chi connectivity index (χ4v) is 2.70. The van der Waals surface area contributed by atoms with Gasteiger partial charge in [0.05, 0.1) is 12.7 Å². The average Bonchev–Trinajstić information content (AvgIpc) is 2.97. The Hall–Kier alpha value is -3.39. The van der Waals surface area contributed by atoms with E-state index in [2.05, 4.69) is 10.6 Å². The number of carbonyl (C=O) groups is 2. The Morgan fingerprint density at radius 2 is 1.93 bits per heavy atom. The minimum Gasteiger partial charge on any atom is -0.493 e. The summed E-state index contributed by atoms with van der Waals surface area (Å²) in [6.45, 7) is 0.203. The number of thiocarbonyl (C=S) groups is 1. The van der Waals surface area contributed by atoms with E-state index < -0.39 is 5.97 Å². The summed E-state index contributed by atoms with van der Waals surface area (Å²) in [5, 5.41) is 14.5. The molecule has 0 radical (unpaired) electrons. The molecule has 1 heterocycles. The van der Waals surface area contributed by atoms with E-state index in [0.29, 0.717) is 22.8 Å². The molecule has 1 aliphatic rings. The Labute approximate surface area is 160 Å². The van der Waals surface area contributed by atoms with E-state index in [1.54, 1.807) is 36.4 Å². The lowest BCUT2D eigenvalue weighted by Crippen LogP contribution is -2.21. The first-order valence-corrected chi connectivity index (χ1v) is 8.35. The summed E-state index contributed by atoms with van der Waals surface area (Å²) in [7, 11) is 1.52. The van der Waals surface area contributed by atoms with Crippen LogP contribution in [0.3, 0.4) is 0 Å². The molecule has 7 nitrogen and oxygen atoms in total. The summed E-state index contributed by atoms with van der Waals surface area (Å²) in [6.07, 6.45) is 1.63. The van der Waals surface area contributed by atoms with Crippen molar-refractivity contribution in [1.29, 1.82) is 0 Å². The molecule has 1 amide bonds. The van der Waals surface area contributed by atoms with Gasteiger partial charge >= 0.3 is 5.97 Å². The molecule has 2 aromatic rings. The lowest BCUT2D eigenvalue weighted by atomic mass is 10.1. The highest BCUT2D eigenvalue weighted by Gasteiger charge is 2.21. The highest BCUT2D eigenvalue weighted by molar-refractivity contribution is 7.80. The zero-order valence-corrected chi connectivity index (χ0v) is 15.1. The van der Waals surface area contributed by atoms with Crippen LogP contribution in [0.15, 0.2) is 48.2 Å². The Morgan fingerprint density at radius 1 is 1.19 bits per heavy atom. The Balaban J connectivity index is 1.85. The van der Waals surface area contributed by atoms with E-state index in [-0.39, 0.29) is 23.2 Å². The lowest BCUT2D eigenvalue weighted by molar-refractivity contribution is -0.115.